The highest BCUT2D eigenvalue weighted by Gasteiger charge is 2.09. The van der Waals surface area contributed by atoms with Crippen LogP contribution >= 0.6 is 0 Å². The SMILES string of the molecule is CN(CCCCNC(=O)c1ccc(=O)n(CCOc2ccccc2)n1)c1ccccc1. The zero-order valence-corrected chi connectivity index (χ0v) is 17.7. The van der Waals surface area contributed by atoms with Crippen molar-refractivity contribution in [3.63, 3.8) is 0 Å². The molecule has 0 saturated heterocycles. The first-order valence-corrected chi connectivity index (χ1v) is 10.4. The monoisotopic (exact) mass is 420 g/mol. The van der Waals surface area contributed by atoms with Crippen molar-refractivity contribution in [1.82, 2.24) is 15.1 Å². The number of nitrogens with one attached hydrogen (secondary N) is 1. The fourth-order valence-corrected chi connectivity index (χ4v) is 3.07. The van der Waals surface area contributed by atoms with Crippen LogP contribution in [0.15, 0.2) is 77.6 Å². The molecule has 0 spiro atoms. The summed E-state index contributed by atoms with van der Waals surface area (Å²) in [5, 5.41) is 7.05. The van der Waals surface area contributed by atoms with E-state index in [1.807, 2.05) is 48.5 Å². The van der Waals surface area contributed by atoms with Gasteiger partial charge in [0.1, 0.15) is 18.1 Å². The van der Waals surface area contributed by atoms with E-state index in [1.165, 1.54) is 22.5 Å². The second-order valence-electron chi connectivity index (χ2n) is 7.16. The largest absolute Gasteiger partial charge is 0.492 e. The van der Waals surface area contributed by atoms with E-state index in [4.69, 9.17) is 4.74 Å². The summed E-state index contributed by atoms with van der Waals surface area (Å²) in [4.78, 5) is 26.6. The number of aromatic nitrogens is 2. The minimum absolute atomic E-state index is 0.223. The number of unbranched alkanes of at least 4 members (excludes halogenated alkanes) is 1. The van der Waals surface area contributed by atoms with Crippen molar-refractivity contribution in [1.29, 1.82) is 0 Å². The molecule has 0 radical (unpaired) electrons. The van der Waals surface area contributed by atoms with Crippen LogP contribution in [0.5, 0.6) is 5.75 Å². The lowest BCUT2D eigenvalue weighted by Gasteiger charge is -2.19. The Hall–Kier alpha value is -3.61. The zero-order valence-electron chi connectivity index (χ0n) is 17.7. The summed E-state index contributed by atoms with van der Waals surface area (Å²) in [6, 6.07) is 22.4. The van der Waals surface area contributed by atoms with Gasteiger partial charge in [-0.3, -0.25) is 9.59 Å². The summed E-state index contributed by atoms with van der Waals surface area (Å²) in [7, 11) is 2.06. The first-order valence-electron chi connectivity index (χ1n) is 10.4. The minimum atomic E-state index is -0.283. The molecule has 1 N–H and O–H groups in total. The fourth-order valence-electron chi connectivity index (χ4n) is 3.07. The number of ether oxygens (including phenoxy) is 1. The maximum absolute atomic E-state index is 12.4. The van der Waals surface area contributed by atoms with Gasteiger partial charge < -0.3 is 15.0 Å². The Morgan fingerprint density at radius 2 is 1.71 bits per heavy atom. The number of amides is 1. The van der Waals surface area contributed by atoms with Crippen LogP contribution in [0.3, 0.4) is 0 Å². The molecule has 1 heterocycles. The molecule has 162 valence electrons. The van der Waals surface area contributed by atoms with Crippen molar-refractivity contribution in [2.45, 2.75) is 19.4 Å². The highest BCUT2D eigenvalue weighted by atomic mass is 16.5. The van der Waals surface area contributed by atoms with Gasteiger partial charge in [0.2, 0.25) is 0 Å². The highest BCUT2D eigenvalue weighted by Crippen LogP contribution is 2.11. The number of benzene rings is 2. The van der Waals surface area contributed by atoms with Gasteiger partial charge >= 0.3 is 0 Å². The molecule has 0 atom stereocenters. The van der Waals surface area contributed by atoms with Gasteiger partial charge in [-0.05, 0) is 43.2 Å². The summed E-state index contributed by atoms with van der Waals surface area (Å²) in [6.07, 6.45) is 1.81. The van der Waals surface area contributed by atoms with E-state index in [-0.39, 0.29) is 30.3 Å². The maximum atomic E-state index is 12.4. The molecule has 31 heavy (non-hydrogen) atoms. The minimum Gasteiger partial charge on any atom is -0.492 e. The van der Waals surface area contributed by atoms with Gasteiger partial charge in [-0.1, -0.05) is 36.4 Å². The van der Waals surface area contributed by atoms with Gasteiger partial charge in [-0.2, -0.15) is 5.10 Å². The Balaban J connectivity index is 1.41. The van der Waals surface area contributed by atoms with Crippen LogP contribution in [0.4, 0.5) is 5.69 Å². The van der Waals surface area contributed by atoms with E-state index in [1.54, 1.807) is 0 Å². The number of anilines is 1. The van der Waals surface area contributed by atoms with Gasteiger partial charge in [0.15, 0.2) is 0 Å². The van der Waals surface area contributed by atoms with Crippen molar-refractivity contribution >= 4 is 11.6 Å². The third-order valence-corrected chi connectivity index (χ3v) is 4.82. The van der Waals surface area contributed by atoms with Crippen LogP contribution in [0.2, 0.25) is 0 Å². The quantitative estimate of drug-likeness (QED) is 0.483. The van der Waals surface area contributed by atoms with E-state index in [9.17, 15) is 9.59 Å². The molecule has 7 heteroatoms. The van der Waals surface area contributed by atoms with Crippen molar-refractivity contribution in [3.8, 4) is 5.75 Å². The van der Waals surface area contributed by atoms with Gasteiger partial charge in [0.05, 0.1) is 6.54 Å². The second-order valence-corrected chi connectivity index (χ2v) is 7.16. The highest BCUT2D eigenvalue weighted by molar-refractivity contribution is 5.91. The Morgan fingerprint density at radius 3 is 2.45 bits per heavy atom. The normalized spacial score (nSPS) is 10.5. The predicted molar refractivity (Wildman–Crippen MR) is 122 cm³/mol. The van der Waals surface area contributed by atoms with Crippen molar-refractivity contribution in [2.24, 2.45) is 0 Å². The van der Waals surface area contributed by atoms with E-state index >= 15 is 0 Å². The van der Waals surface area contributed by atoms with Crippen LogP contribution < -0.4 is 20.5 Å². The molecule has 0 aliphatic rings. The lowest BCUT2D eigenvalue weighted by atomic mass is 10.2. The molecule has 7 nitrogen and oxygen atoms in total. The number of hydrogen-bond acceptors (Lipinski definition) is 5. The molecule has 3 rings (SSSR count). The van der Waals surface area contributed by atoms with E-state index in [0.29, 0.717) is 6.54 Å². The van der Waals surface area contributed by atoms with Crippen molar-refractivity contribution < 1.29 is 9.53 Å². The second kappa shape index (κ2) is 11.5. The van der Waals surface area contributed by atoms with Crippen LogP contribution in [0, 0.1) is 0 Å². The fraction of sp³-hybridized carbons (Fsp3) is 0.292. The topological polar surface area (TPSA) is 76.5 Å². The van der Waals surface area contributed by atoms with Gasteiger partial charge in [0, 0.05) is 31.9 Å². The van der Waals surface area contributed by atoms with Crippen LogP contribution in [-0.2, 0) is 6.54 Å². The number of rotatable bonds is 11. The third kappa shape index (κ3) is 6.99. The van der Waals surface area contributed by atoms with Crippen LogP contribution in [-0.4, -0.2) is 42.4 Å². The van der Waals surface area contributed by atoms with Crippen molar-refractivity contribution in [2.75, 3.05) is 31.6 Å². The lowest BCUT2D eigenvalue weighted by Crippen LogP contribution is -2.31. The molecule has 2 aromatic carbocycles. The molecule has 0 aliphatic heterocycles. The molecule has 0 fully saturated rings. The zero-order chi connectivity index (χ0) is 21.9. The first-order chi connectivity index (χ1) is 15.1. The number of hydrogen-bond donors (Lipinski definition) is 1. The van der Waals surface area contributed by atoms with Crippen LogP contribution in [0.25, 0.3) is 0 Å². The van der Waals surface area contributed by atoms with Gasteiger partial charge in [0.25, 0.3) is 11.5 Å². The average molecular weight is 421 g/mol. The summed E-state index contributed by atoms with van der Waals surface area (Å²) in [5.41, 5.74) is 1.13. The molecule has 0 aliphatic carbocycles. The summed E-state index contributed by atoms with van der Waals surface area (Å²) in [6.45, 7) is 2.02. The standard InChI is InChI=1S/C24H28N4O3/c1-27(20-10-4-2-5-11-20)17-9-8-16-25-24(30)22-14-15-23(29)28(26-22)18-19-31-21-12-6-3-7-13-21/h2-7,10-15H,8-9,16-19H2,1H3,(H,25,30). The number of carbonyl (C=O) groups excluding carboxylic acids is 1. The molecular formula is C24H28N4O3. The molecule has 0 saturated carbocycles. The summed E-state index contributed by atoms with van der Waals surface area (Å²) in [5.74, 6) is 0.441. The molecule has 1 aromatic heterocycles. The maximum Gasteiger partial charge on any atom is 0.271 e. The lowest BCUT2D eigenvalue weighted by molar-refractivity contribution is 0.0945. The molecule has 0 unspecified atom stereocenters. The molecule has 0 bridgehead atoms. The Kier molecular flexibility index (Phi) is 8.22. The van der Waals surface area contributed by atoms with Gasteiger partial charge in [-0.25, -0.2) is 4.68 Å². The van der Waals surface area contributed by atoms with E-state index in [0.717, 1.165) is 25.1 Å². The molecule has 3 aromatic rings. The third-order valence-electron chi connectivity index (χ3n) is 4.82. The number of carbonyl (C=O) groups is 1. The smallest absolute Gasteiger partial charge is 0.271 e. The van der Waals surface area contributed by atoms with Gasteiger partial charge in [-0.15, -0.1) is 0 Å². The first kappa shape index (κ1) is 22.1. The average Bonchev–Trinajstić information content (AvgIpc) is 2.81. The Labute approximate surface area is 182 Å². The molecular weight excluding hydrogens is 392 g/mol. The van der Waals surface area contributed by atoms with E-state index in [2.05, 4.69) is 34.5 Å². The van der Waals surface area contributed by atoms with Crippen molar-refractivity contribution in [3.05, 3.63) is 88.8 Å². The van der Waals surface area contributed by atoms with E-state index < -0.39 is 0 Å². The van der Waals surface area contributed by atoms with Crippen LogP contribution in [0.1, 0.15) is 23.3 Å². The number of para-hydroxylation sites is 2. The number of nitrogens with zero attached hydrogens (tertiary/aromatic N) is 3. The Morgan fingerprint density at radius 1 is 1.00 bits per heavy atom. The summed E-state index contributed by atoms with van der Waals surface area (Å²) < 4.78 is 6.86. The Bertz CT molecular complexity index is 1010. The molecule has 1 amide bonds. The summed E-state index contributed by atoms with van der Waals surface area (Å²) >= 11 is 0. The predicted octanol–water partition coefficient (Wildman–Crippen LogP) is 2.97.